The van der Waals surface area contributed by atoms with Gasteiger partial charge >= 0.3 is 0 Å². The first-order valence-electron chi connectivity index (χ1n) is 4.90. The summed E-state index contributed by atoms with van der Waals surface area (Å²) in [4.78, 5) is 8.35. The molecule has 0 aliphatic carbocycles. The van der Waals surface area contributed by atoms with Crippen molar-refractivity contribution in [2.24, 2.45) is 0 Å². The number of fused-ring (bicyclic) bond motifs is 1. The number of rotatable bonds is 1. The predicted molar refractivity (Wildman–Crippen MR) is 61.7 cm³/mol. The zero-order valence-corrected chi connectivity index (χ0v) is 8.42. The van der Waals surface area contributed by atoms with Gasteiger partial charge < -0.3 is 10.2 Å². The molecule has 0 fully saturated rings. The molecule has 0 atom stereocenters. The lowest BCUT2D eigenvalue weighted by molar-refractivity contribution is 0.616. The lowest BCUT2D eigenvalue weighted by Crippen LogP contribution is -1.93. The van der Waals surface area contributed by atoms with Crippen LogP contribution < -0.4 is 5.73 Å². The average molecular weight is 211 g/mol. The molecule has 0 amide bonds. The van der Waals surface area contributed by atoms with Crippen LogP contribution in [0.5, 0.6) is 0 Å². The van der Waals surface area contributed by atoms with E-state index in [4.69, 9.17) is 10.2 Å². The molecule has 0 saturated heterocycles. The van der Waals surface area contributed by atoms with Gasteiger partial charge in [-0.25, -0.2) is 9.97 Å². The number of nitrogens with zero attached hydrogens (tertiary/aromatic N) is 2. The highest BCUT2D eigenvalue weighted by molar-refractivity contribution is 5.91. The van der Waals surface area contributed by atoms with Gasteiger partial charge in [0.05, 0.1) is 5.56 Å². The third-order valence-corrected chi connectivity index (χ3v) is 2.40. The number of para-hydroxylation sites is 1. The monoisotopic (exact) mass is 211 g/mol. The fourth-order valence-electron chi connectivity index (χ4n) is 1.65. The minimum Gasteiger partial charge on any atom is -0.464 e. The number of aromatic nitrogens is 2. The average Bonchev–Trinajstić information content (AvgIpc) is 2.72. The molecular weight excluding hydrogens is 202 g/mol. The number of nitrogen functional groups attached to an aromatic ring is 1. The highest BCUT2D eigenvalue weighted by atomic mass is 16.3. The first-order valence-corrected chi connectivity index (χ1v) is 4.90. The van der Waals surface area contributed by atoms with Crippen molar-refractivity contribution in [2.45, 2.75) is 0 Å². The van der Waals surface area contributed by atoms with Crippen molar-refractivity contribution in [1.82, 2.24) is 9.97 Å². The molecule has 0 aliphatic heterocycles. The zero-order chi connectivity index (χ0) is 11.0. The summed E-state index contributed by atoms with van der Waals surface area (Å²) in [6.45, 7) is 0. The van der Waals surface area contributed by atoms with Crippen molar-refractivity contribution in [1.29, 1.82) is 0 Å². The van der Waals surface area contributed by atoms with E-state index >= 15 is 0 Å². The van der Waals surface area contributed by atoms with Gasteiger partial charge in [0.15, 0.2) is 5.82 Å². The Balaban J connectivity index is 2.26. The summed E-state index contributed by atoms with van der Waals surface area (Å²) >= 11 is 0. The second-order valence-corrected chi connectivity index (χ2v) is 3.45. The van der Waals surface area contributed by atoms with E-state index < -0.39 is 0 Å². The largest absolute Gasteiger partial charge is 0.464 e. The van der Waals surface area contributed by atoms with E-state index in [0.29, 0.717) is 11.6 Å². The van der Waals surface area contributed by atoms with Gasteiger partial charge in [0.1, 0.15) is 17.7 Å². The van der Waals surface area contributed by atoms with Gasteiger partial charge in [0, 0.05) is 11.6 Å². The molecule has 16 heavy (non-hydrogen) atoms. The predicted octanol–water partition coefficient (Wildman–Crippen LogP) is 2.47. The van der Waals surface area contributed by atoms with Gasteiger partial charge in [-0.05, 0) is 12.1 Å². The number of anilines is 1. The lowest BCUT2D eigenvalue weighted by atomic mass is 10.1. The molecule has 0 spiro atoms. The summed E-state index contributed by atoms with van der Waals surface area (Å²) in [7, 11) is 0. The molecule has 2 N–H and O–H groups in total. The molecule has 2 heterocycles. The molecule has 78 valence electrons. The molecule has 3 aromatic rings. The summed E-state index contributed by atoms with van der Waals surface area (Å²) in [5, 5.41) is 0.994. The van der Waals surface area contributed by atoms with E-state index in [2.05, 4.69) is 9.97 Å². The minimum atomic E-state index is 0.454. The van der Waals surface area contributed by atoms with Crippen LogP contribution in [-0.4, -0.2) is 9.97 Å². The lowest BCUT2D eigenvalue weighted by Gasteiger charge is -1.97. The highest BCUT2D eigenvalue weighted by Crippen LogP contribution is 2.27. The van der Waals surface area contributed by atoms with Gasteiger partial charge in [-0.1, -0.05) is 18.2 Å². The molecule has 0 bridgehead atoms. The fraction of sp³-hybridized carbons (Fsp3) is 0. The van der Waals surface area contributed by atoms with Crippen molar-refractivity contribution in [3.63, 3.8) is 0 Å². The molecule has 3 rings (SSSR count). The van der Waals surface area contributed by atoms with Crippen LogP contribution in [0.3, 0.4) is 0 Å². The van der Waals surface area contributed by atoms with Crippen LogP contribution in [0.1, 0.15) is 0 Å². The van der Waals surface area contributed by atoms with E-state index in [1.165, 1.54) is 0 Å². The fourth-order valence-corrected chi connectivity index (χ4v) is 1.65. The van der Waals surface area contributed by atoms with Crippen LogP contribution >= 0.6 is 0 Å². The van der Waals surface area contributed by atoms with E-state index in [1.807, 2.05) is 24.3 Å². The van der Waals surface area contributed by atoms with Crippen LogP contribution in [0.15, 0.2) is 47.2 Å². The maximum Gasteiger partial charge on any atom is 0.165 e. The van der Waals surface area contributed by atoms with Crippen molar-refractivity contribution in [3.8, 4) is 11.4 Å². The molecule has 1 aromatic carbocycles. The quantitative estimate of drug-likeness (QED) is 0.671. The van der Waals surface area contributed by atoms with Gasteiger partial charge in [0.25, 0.3) is 0 Å². The molecule has 4 nitrogen and oxygen atoms in total. The van der Waals surface area contributed by atoms with Crippen LogP contribution in [0.4, 0.5) is 5.82 Å². The van der Waals surface area contributed by atoms with Crippen molar-refractivity contribution >= 4 is 16.8 Å². The normalized spacial score (nSPS) is 10.8. The zero-order valence-electron chi connectivity index (χ0n) is 8.42. The summed E-state index contributed by atoms with van der Waals surface area (Å²) in [5.74, 6) is 1.04. The van der Waals surface area contributed by atoms with Crippen molar-refractivity contribution in [3.05, 3.63) is 42.8 Å². The first kappa shape index (κ1) is 8.91. The van der Waals surface area contributed by atoms with Gasteiger partial charge in [-0.2, -0.15) is 0 Å². The topological polar surface area (TPSA) is 64.9 Å². The summed E-state index contributed by atoms with van der Waals surface area (Å²) < 4.78 is 5.42. The Morgan fingerprint density at radius 1 is 1.12 bits per heavy atom. The van der Waals surface area contributed by atoms with Crippen molar-refractivity contribution < 1.29 is 4.42 Å². The number of hydrogen-bond donors (Lipinski definition) is 1. The molecule has 0 saturated carbocycles. The molecule has 0 aliphatic rings. The third kappa shape index (κ3) is 1.32. The summed E-state index contributed by atoms with van der Waals surface area (Å²) in [5.41, 5.74) is 7.31. The van der Waals surface area contributed by atoms with Crippen LogP contribution in [0.2, 0.25) is 0 Å². The number of nitrogens with two attached hydrogens (primary N) is 1. The molecule has 0 unspecified atom stereocenters. The third-order valence-electron chi connectivity index (χ3n) is 2.40. The summed E-state index contributed by atoms with van der Waals surface area (Å²) in [6.07, 6.45) is 3.29. The smallest absolute Gasteiger partial charge is 0.165 e. The first-order chi connectivity index (χ1) is 7.84. The van der Waals surface area contributed by atoms with E-state index in [1.54, 1.807) is 18.5 Å². The number of benzene rings is 1. The van der Waals surface area contributed by atoms with Crippen LogP contribution in [0.25, 0.3) is 22.4 Å². The van der Waals surface area contributed by atoms with Crippen LogP contribution in [0, 0.1) is 0 Å². The van der Waals surface area contributed by atoms with Crippen molar-refractivity contribution in [2.75, 3.05) is 5.73 Å². The Hall–Kier alpha value is -2.36. The Morgan fingerprint density at radius 3 is 2.88 bits per heavy atom. The number of hydrogen-bond acceptors (Lipinski definition) is 4. The standard InChI is InChI=1S/C12H9N3O/c13-11-5-6-14-12(15-11)9-7-16-10-4-2-1-3-8(9)10/h1-7H,(H2,13,14,15). The molecule has 4 heteroatoms. The van der Waals surface area contributed by atoms with E-state index in [0.717, 1.165) is 16.5 Å². The van der Waals surface area contributed by atoms with E-state index in [9.17, 15) is 0 Å². The Kier molecular flexibility index (Phi) is 1.86. The maximum absolute atomic E-state index is 5.63. The van der Waals surface area contributed by atoms with E-state index in [-0.39, 0.29) is 0 Å². The van der Waals surface area contributed by atoms with Gasteiger partial charge in [-0.15, -0.1) is 0 Å². The van der Waals surface area contributed by atoms with Gasteiger partial charge in [0.2, 0.25) is 0 Å². The second-order valence-electron chi connectivity index (χ2n) is 3.45. The number of furan rings is 1. The van der Waals surface area contributed by atoms with Gasteiger partial charge in [-0.3, -0.25) is 0 Å². The molecule has 2 aromatic heterocycles. The molecular formula is C12H9N3O. The summed E-state index contributed by atoms with van der Waals surface area (Å²) in [6, 6.07) is 9.42. The molecule has 0 radical (unpaired) electrons. The Morgan fingerprint density at radius 2 is 2.00 bits per heavy atom. The van der Waals surface area contributed by atoms with Crippen LogP contribution in [-0.2, 0) is 0 Å². The second kappa shape index (κ2) is 3.34. The minimum absolute atomic E-state index is 0.454. The maximum atomic E-state index is 5.63. The highest BCUT2D eigenvalue weighted by Gasteiger charge is 2.09. The Bertz CT molecular complexity index is 645. The Labute approximate surface area is 91.7 Å². The SMILES string of the molecule is Nc1ccnc(-c2coc3ccccc23)n1.